The Kier molecular flexibility index (Phi) is 15.8. The van der Waals surface area contributed by atoms with Gasteiger partial charge >= 0.3 is 11.9 Å². The smallest absolute Gasteiger partial charge is 0.303 e. The maximum atomic E-state index is 10.5. The highest BCUT2D eigenvalue weighted by atomic mass is 16.5. The Bertz CT molecular complexity index is 395. The van der Waals surface area contributed by atoms with E-state index in [4.69, 9.17) is 14.9 Å². The third-order valence-corrected chi connectivity index (χ3v) is 5.79. The van der Waals surface area contributed by atoms with E-state index in [2.05, 4.69) is 5.32 Å². The average molecular weight is 414 g/mol. The minimum atomic E-state index is -0.692. The molecule has 0 bridgehead atoms. The Balaban J connectivity index is 2.16. The highest BCUT2D eigenvalue weighted by Gasteiger charge is 2.16. The molecule has 1 fully saturated rings. The van der Waals surface area contributed by atoms with E-state index in [1.165, 1.54) is 51.4 Å². The van der Waals surface area contributed by atoms with E-state index in [9.17, 15) is 9.59 Å². The zero-order valence-electron chi connectivity index (χ0n) is 18.2. The summed E-state index contributed by atoms with van der Waals surface area (Å²) in [7, 11) is 0. The lowest BCUT2D eigenvalue weighted by Crippen LogP contribution is -2.38. The summed E-state index contributed by atoms with van der Waals surface area (Å²) in [5, 5.41) is 21.1. The van der Waals surface area contributed by atoms with Crippen molar-refractivity contribution in [3.05, 3.63) is 0 Å². The standard InChI is InChI=1S/C23H43NO5/c25-22(26)16-9-5-1-3-7-13-20(24-19-21-15-11-12-18-29-21)14-8-4-2-6-10-17-23(27)28/h20-21,24H,1-19H2,(H,25,26)(H,27,28). The van der Waals surface area contributed by atoms with Crippen LogP contribution in [-0.2, 0) is 14.3 Å². The van der Waals surface area contributed by atoms with Crippen LogP contribution in [0, 0.1) is 0 Å². The van der Waals surface area contributed by atoms with Gasteiger partial charge in [-0.3, -0.25) is 9.59 Å². The van der Waals surface area contributed by atoms with Crippen LogP contribution in [0.5, 0.6) is 0 Å². The largest absolute Gasteiger partial charge is 0.481 e. The molecular weight excluding hydrogens is 370 g/mol. The molecule has 0 saturated carbocycles. The van der Waals surface area contributed by atoms with Gasteiger partial charge in [-0.15, -0.1) is 0 Å². The number of carboxylic acids is 2. The van der Waals surface area contributed by atoms with Crippen LogP contribution in [0.3, 0.4) is 0 Å². The third-order valence-electron chi connectivity index (χ3n) is 5.79. The molecule has 1 rings (SSSR count). The molecule has 0 aliphatic carbocycles. The number of unbranched alkanes of at least 4 members (excludes halogenated alkanes) is 8. The highest BCUT2D eigenvalue weighted by molar-refractivity contribution is 5.66. The van der Waals surface area contributed by atoms with Crippen LogP contribution in [0.4, 0.5) is 0 Å². The van der Waals surface area contributed by atoms with Crippen molar-refractivity contribution < 1.29 is 24.5 Å². The molecule has 3 N–H and O–H groups in total. The summed E-state index contributed by atoms with van der Waals surface area (Å²) in [4.78, 5) is 21.1. The molecule has 1 aliphatic rings. The van der Waals surface area contributed by atoms with Crippen molar-refractivity contribution in [3.8, 4) is 0 Å². The van der Waals surface area contributed by atoms with E-state index < -0.39 is 11.9 Å². The number of hydrogen-bond acceptors (Lipinski definition) is 4. The summed E-state index contributed by atoms with van der Waals surface area (Å²) in [6.45, 7) is 1.84. The number of nitrogens with one attached hydrogen (secondary N) is 1. The van der Waals surface area contributed by atoms with Crippen LogP contribution in [0.1, 0.15) is 109 Å². The molecule has 1 saturated heterocycles. The van der Waals surface area contributed by atoms with Crippen LogP contribution >= 0.6 is 0 Å². The monoisotopic (exact) mass is 413 g/mol. The van der Waals surface area contributed by atoms with Crippen molar-refractivity contribution in [2.75, 3.05) is 13.2 Å². The van der Waals surface area contributed by atoms with Gasteiger partial charge in [0.2, 0.25) is 0 Å². The molecule has 0 radical (unpaired) electrons. The van der Waals surface area contributed by atoms with Gasteiger partial charge < -0.3 is 20.3 Å². The Labute approximate surface area is 176 Å². The number of rotatable bonds is 19. The summed E-state index contributed by atoms with van der Waals surface area (Å²) in [5.41, 5.74) is 0. The molecule has 6 heteroatoms. The minimum absolute atomic E-state index is 0.290. The van der Waals surface area contributed by atoms with E-state index in [1.54, 1.807) is 0 Å². The normalized spacial score (nSPS) is 16.9. The molecule has 29 heavy (non-hydrogen) atoms. The van der Waals surface area contributed by atoms with Gasteiger partial charge in [-0.25, -0.2) is 0 Å². The van der Waals surface area contributed by atoms with Gasteiger partial charge in [0.15, 0.2) is 0 Å². The van der Waals surface area contributed by atoms with Gasteiger partial charge in [0, 0.05) is 32.0 Å². The average Bonchev–Trinajstić information content (AvgIpc) is 2.70. The maximum absolute atomic E-state index is 10.5. The van der Waals surface area contributed by atoms with E-state index >= 15 is 0 Å². The Morgan fingerprint density at radius 1 is 0.793 bits per heavy atom. The molecular formula is C23H43NO5. The van der Waals surface area contributed by atoms with Gasteiger partial charge in [0.1, 0.15) is 0 Å². The molecule has 1 atom stereocenters. The van der Waals surface area contributed by atoms with Gasteiger partial charge in [-0.05, 0) is 44.9 Å². The summed E-state index contributed by atoms with van der Waals surface area (Å²) >= 11 is 0. The molecule has 0 spiro atoms. The molecule has 0 amide bonds. The van der Waals surface area contributed by atoms with Gasteiger partial charge in [0.25, 0.3) is 0 Å². The Hall–Kier alpha value is -1.14. The maximum Gasteiger partial charge on any atom is 0.303 e. The van der Waals surface area contributed by atoms with Crippen LogP contribution in [0.25, 0.3) is 0 Å². The predicted octanol–water partition coefficient (Wildman–Crippen LogP) is 5.14. The quantitative estimate of drug-likeness (QED) is 0.254. The molecule has 0 aromatic rings. The number of carbonyl (C=O) groups is 2. The van der Waals surface area contributed by atoms with Gasteiger partial charge in [-0.2, -0.15) is 0 Å². The molecule has 1 aliphatic heterocycles. The first-order chi connectivity index (χ1) is 14.1. The van der Waals surface area contributed by atoms with Crippen LogP contribution in [0.2, 0.25) is 0 Å². The molecule has 1 heterocycles. The van der Waals surface area contributed by atoms with E-state index in [1.807, 2.05) is 0 Å². The van der Waals surface area contributed by atoms with Crippen molar-refractivity contribution in [2.24, 2.45) is 0 Å². The minimum Gasteiger partial charge on any atom is -0.481 e. The molecule has 6 nitrogen and oxygen atoms in total. The van der Waals surface area contributed by atoms with Crippen molar-refractivity contribution in [2.45, 2.75) is 121 Å². The van der Waals surface area contributed by atoms with Crippen LogP contribution < -0.4 is 5.32 Å². The summed E-state index contributed by atoms with van der Waals surface area (Å²) in [6, 6.07) is 0.526. The number of hydrogen-bond donors (Lipinski definition) is 3. The molecule has 0 aromatic heterocycles. The Morgan fingerprint density at radius 2 is 1.31 bits per heavy atom. The molecule has 1 unspecified atom stereocenters. The summed E-state index contributed by atoms with van der Waals surface area (Å²) in [5.74, 6) is -1.38. The molecule has 170 valence electrons. The number of ether oxygens (including phenoxy) is 1. The summed E-state index contributed by atoms with van der Waals surface area (Å²) < 4.78 is 5.85. The first kappa shape index (κ1) is 25.9. The van der Waals surface area contributed by atoms with E-state index in [-0.39, 0.29) is 12.8 Å². The zero-order chi connectivity index (χ0) is 21.2. The second-order valence-electron chi connectivity index (χ2n) is 8.49. The van der Waals surface area contributed by atoms with Crippen molar-refractivity contribution in [1.29, 1.82) is 0 Å². The fourth-order valence-electron chi connectivity index (χ4n) is 4.01. The van der Waals surface area contributed by atoms with Crippen molar-refractivity contribution in [3.63, 3.8) is 0 Å². The van der Waals surface area contributed by atoms with E-state index in [0.29, 0.717) is 12.1 Å². The van der Waals surface area contributed by atoms with Gasteiger partial charge in [-0.1, -0.05) is 51.4 Å². The topological polar surface area (TPSA) is 95.9 Å². The SMILES string of the molecule is O=C(O)CCCCCCCC(CCCCCCCC(=O)O)NCC1CCCCO1. The number of aliphatic carboxylic acids is 2. The number of carboxylic acid groups (broad SMARTS) is 2. The third kappa shape index (κ3) is 16.4. The molecule has 0 aromatic carbocycles. The van der Waals surface area contributed by atoms with Crippen molar-refractivity contribution >= 4 is 11.9 Å². The first-order valence-corrected chi connectivity index (χ1v) is 11.9. The second-order valence-corrected chi connectivity index (χ2v) is 8.49. The fourth-order valence-corrected chi connectivity index (χ4v) is 4.01. The van der Waals surface area contributed by atoms with Crippen molar-refractivity contribution in [1.82, 2.24) is 5.32 Å². The van der Waals surface area contributed by atoms with Gasteiger partial charge in [0.05, 0.1) is 6.10 Å². The lowest BCUT2D eigenvalue weighted by Gasteiger charge is -2.26. The Morgan fingerprint density at radius 3 is 1.79 bits per heavy atom. The van der Waals surface area contributed by atoms with E-state index in [0.717, 1.165) is 58.1 Å². The summed E-state index contributed by atoms with van der Waals surface area (Å²) in [6.07, 6.45) is 17.5. The lowest BCUT2D eigenvalue weighted by atomic mass is 9.99. The van der Waals surface area contributed by atoms with Crippen LogP contribution in [-0.4, -0.2) is 47.4 Å². The lowest BCUT2D eigenvalue weighted by molar-refractivity contribution is -0.138. The second kappa shape index (κ2) is 17.7. The zero-order valence-corrected chi connectivity index (χ0v) is 18.2. The predicted molar refractivity (Wildman–Crippen MR) is 115 cm³/mol. The van der Waals surface area contributed by atoms with Crippen LogP contribution in [0.15, 0.2) is 0 Å². The highest BCUT2D eigenvalue weighted by Crippen LogP contribution is 2.16. The fraction of sp³-hybridized carbons (Fsp3) is 0.913. The first-order valence-electron chi connectivity index (χ1n) is 11.9.